The molecule has 3 aliphatic heterocycles. The number of ether oxygens (including phenoxy) is 2. The highest BCUT2D eigenvalue weighted by molar-refractivity contribution is 5.60. The maximum absolute atomic E-state index is 12.7. The molecule has 8 nitrogen and oxygen atoms in total. The first-order valence-electron chi connectivity index (χ1n) is 16.2. The smallest absolute Gasteiger partial charge is 0.213 e. The van der Waals surface area contributed by atoms with Crippen molar-refractivity contribution < 1.29 is 19.1 Å². The van der Waals surface area contributed by atoms with Crippen molar-refractivity contribution in [1.82, 2.24) is 19.6 Å². The number of carbonyl (C=O) groups excluding carboxylic acids is 2. The first-order chi connectivity index (χ1) is 22.4. The fraction of sp³-hybridized carbons (Fsp3) is 0.368. The Hall–Kier alpha value is -4.56. The van der Waals surface area contributed by atoms with Crippen LogP contribution >= 0.6 is 0 Å². The van der Waals surface area contributed by atoms with Gasteiger partial charge in [-0.25, -0.2) is 0 Å². The molecule has 0 N–H and O–H groups in total. The zero-order chi connectivity index (χ0) is 32.1. The highest BCUT2D eigenvalue weighted by Gasteiger charge is 2.38. The topological polar surface area (TPSA) is 65.6 Å². The lowest BCUT2D eigenvalue weighted by Crippen LogP contribution is -2.44. The molecule has 3 heterocycles. The minimum absolute atomic E-state index is 0.00734. The van der Waals surface area contributed by atoms with E-state index in [9.17, 15) is 9.59 Å². The molecule has 1 atom stereocenters. The molecule has 0 spiro atoms. The molecule has 0 aliphatic carbocycles. The van der Waals surface area contributed by atoms with Crippen LogP contribution in [0.15, 0.2) is 102 Å². The molecule has 46 heavy (non-hydrogen) atoms. The van der Waals surface area contributed by atoms with Gasteiger partial charge >= 0.3 is 0 Å². The van der Waals surface area contributed by atoms with Gasteiger partial charge in [0.2, 0.25) is 12.8 Å². The Kier molecular flexibility index (Phi) is 9.45. The molecule has 3 aromatic rings. The second-order valence-electron chi connectivity index (χ2n) is 12.5. The van der Waals surface area contributed by atoms with E-state index in [4.69, 9.17) is 9.47 Å². The largest absolute Gasteiger partial charge is 0.486 e. The Bertz CT molecular complexity index is 1540. The van der Waals surface area contributed by atoms with Crippen molar-refractivity contribution in [2.75, 3.05) is 53.5 Å². The van der Waals surface area contributed by atoms with Crippen LogP contribution in [0.5, 0.6) is 11.5 Å². The van der Waals surface area contributed by atoms with Gasteiger partial charge in [0.25, 0.3) is 0 Å². The number of amides is 2. The van der Waals surface area contributed by atoms with Crippen molar-refractivity contribution in [3.8, 4) is 11.5 Å². The van der Waals surface area contributed by atoms with Crippen LogP contribution in [-0.4, -0.2) is 85.9 Å². The zero-order valence-corrected chi connectivity index (χ0v) is 27.1. The van der Waals surface area contributed by atoms with Crippen LogP contribution in [0, 0.1) is 0 Å². The van der Waals surface area contributed by atoms with Gasteiger partial charge in [-0.15, -0.1) is 0 Å². The Labute approximate surface area is 272 Å². The van der Waals surface area contributed by atoms with Crippen molar-refractivity contribution in [1.29, 1.82) is 0 Å². The van der Waals surface area contributed by atoms with Crippen LogP contribution in [0.3, 0.4) is 0 Å². The van der Waals surface area contributed by atoms with Gasteiger partial charge in [0.15, 0.2) is 11.5 Å². The zero-order valence-electron chi connectivity index (χ0n) is 27.1. The summed E-state index contributed by atoms with van der Waals surface area (Å²) in [5, 5.41) is 0. The fourth-order valence-electron chi connectivity index (χ4n) is 7.35. The molecule has 6 rings (SSSR count). The third kappa shape index (κ3) is 6.14. The van der Waals surface area contributed by atoms with E-state index in [0.29, 0.717) is 31.3 Å². The van der Waals surface area contributed by atoms with Crippen LogP contribution < -0.4 is 9.47 Å². The summed E-state index contributed by atoms with van der Waals surface area (Å²) in [6, 6.07) is 27.7. The van der Waals surface area contributed by atoms with E-state index in [0.717, 1.165) is 74.4 Å². The number of hydrogen-bond donors (Lipinski definition) is 0. The number of allylic oxidation sites excluding steroid dienone is 1. The predicted octanol–water partition coefficient (Wildman–Crippen LogP) is 5.58. The molecule has 0 aromatic heterocycles. The fourth-order valence-corrected chi connectivity index (χ4v) is 7.35. The number of nitrogens with zero attached hydrogens (tertiary/aromatic N) is 4. The lowest BCUT2D eigenvalue weighted by atomic mass is 9.68. The first-order valence-corrected chi connectivity index (χ1v) is 16.2. The summed E-state index contributed by atoms with van der Waals surface area (Å²) in [4.78, 5) is 32.8. The van der Waals surface area contributed by atoms with Gasteiger partial charge in [0, 0.05) is 38.0 Å². The molecule has 1 unspecified atom stereocenters. The highest BCUT2D eigenvalue weighted by atomic mass is 16.6. The maximum Gasteiger partial charge on any atom is 0.213 e. The molecule has 2 amide bonds. The minimum Gasteiger partial charge on any atom is -0.486 e. The summed E-state index contributed by atoms with van der Waals surface area (Å²) >= 11 is 0. The van der Waals surface area contributed by atoms with Crippen LogP contribution in [0.25, 0.3) is 0 Å². The minimum atomic E-state index is -0.334. The number of carbonyl (C=O) groups is 2. The third-order valence-corrected chi connectivity index (χ3v) is 9.93. The van der Waals surface area contributed by atoms with Crippen LogP contribution in [-0.2, 0) is 15.0 Å². The predicted molar refractivity (Wildman–Crippen MR) is 179 cm³/mol. The van der Waals surface area contributed by atoms with Gasteiger partial charge in [0.1, 0.15) is 13.2 Å². The van der Waals surface area contributed by atoms with Gasteiger partial charge < -0.3 is 29.1 Å². The van der Waals surface area contributed by atoms with E-state index in [1.807, 2.05) is 48.2 Å². The number of rotatable bonds is 11. The maximum atomic E-state index is 12.7. The number of piperidine rings is 1. The normalized spacial score (nSPS) is 19.3. The highest BCUT2D eigenvalue weighted by Crippen LogP contribution is 2.44. The van der Waals surface area contributed by atoms with Gasteiger partial charge in [-0.1, -0.05) is 66.7 Å². The summed E-state index contributed by atoms with van der Waals surface area (Å²) < 4.78 is 11.7. The molecular formula is C38H44N4O4. The monoisotopic (exact) mass is 620 g/mol. The second-order valence-corrected chi connectivity index (χ2v) is 12.5. The van der Waals surface area contributed by atoms with Crippen molar-refractivity contribution in [3.63, 3.8) is 0 Å². The van der Waals surface area contributed by atoms with Crippen molar-refractivity contribution in [3.05, 3.63) is 119 Å². The molecule has 1 saturated heterocycles. The molecule has 0 radical (unpaired) electrons. The van der Waals surface area contributed by atoms with Gasteiger partial charge in [0.05, 0.1) is 17.3 Å². The first kappa shape index (κ1) is 31.4. The molecule has 3 aromatic carbocycles. The SMILES string of the molecule is CC1=C(N(C)C=O)C(c2ccc3c(c2)OCCO3)C(N(C=O)CCCN2CCC(c3ccccc3)(c3ccccc3)CC2)=CN1C. The summed E-state index contributed by atoms with van der Waals surface area (Å²) in [5.41, 5.74) is 6.30. The Morgan fingerprint density at radius 2 is 1.50 bits per heavy atom. The molecule has 8 heteroatoms. The van der Waals surface area contributed by atoms with Gasteiger partial charge in [-0.05, 0) is 74.6 Å². The van der Waals surface area contributed by atoms with E-state index >= 15 is 0 Å². The van der Waals surface area contributed by atoms with Crippen LogP contribution in [0.1, 0.15) is 48.8 Å². The van der Waals surface area contributed by atoms with Crippen molar-refractivity contribution in [2.45, 2.75) is 37.5 Å². The van der Waals surface area contributed by atoms with Crippen molar-refractivity contribution >= 4 is 12.8 Å². The number of likely N-dealkylation sites (tertiary alicyclic amines) is 1. The van der Waals surface area contributed by atoms with E-state index in [-0.39, 0.29) is 11.3 Å². The second kappa shape index (κ2) is 13.8. The molecule has 240 valence electrons. The van der Waals surface area contributed by atoms with Gasteiger partial charge in [-0.3, -0.25) is 9.59 Å². The Balaban J connectivity index is 1.18. The molecular weight excluding hydrogens is 576 g/mol. The number of hydrogen-bond acceptors (Lipinski definition) is 6. The average Bonchev–Trinajstić information content (AvgIpc) is 3.11. The number of fused-ring (bicyclic) bond motifs is 1. The van der Waals surface area contributed by atoms with E-state index < -0.39 is 0 Å². The molecule has 3 aliphatic rings. The van der Waals surface area contributed by atoms with E-state index in [1.165, 1.54) is 11.1 Å². The lowest BCUT2D eigenvalue weighted by molar-refractivity contribution is -0.116. The van der Waals surface area contributed by atoms with E-state index in [2.05, 4.69) is 65.6 Å². The summed E-state index contributed by atoms with van der Waals surface area (Å²) in [6.07, 6.45) is 6.70. The van der Waals surface area contributed by atoms with Crippen molar-refractivity contribution in [2.24, 2.45) is 0 Å². The average molecular weight is 621 g/mol. The van der Waals surface area contributed by atoms with Crippen LogP contribution in [0.4, 0.5) is 0 Å². The van der Waals surface area contributed by atoms with E-state index in [1.54, 1.807) is 11.9 Å². The number of benzene rings is 3. The Morgan fingerprint density at radius 3 is 2.11 bits per heavy atom. The number of likely N-dealkylation sites (N-methyl/N-ethyl adjacent to an activating group) is 1. The third-order valence-electron chi connectivity index (χ3n) is 9.93. The summed E-state index contributed by atoms with van der Waals surface area (Å²) in [5.74, 6) is 1.05. The van der Waals surface area contributed by atoms with Crippen LogP contribution in [0.2, 0.25) is 0 Å². The molecule has 1 fully saturated rings. The lowest BCUT2D eigenvalue weighted by Gasteiger charge is -2.43. The van der Waals surface area contributed by atoms with Gasteiger partial charge in [-0.2, -0.15) is 0 Å². The summed E-state index contributed by atoms with van der Waals surface area (Å²) in [6.45, 7) is 6.45. The Morgan fingerprint density at radius 1 is 0.870 bits per heavy atom. The molecule has 0 bridgehead atoms. The summed E-state index contributed by atoms with van der Waals surface area (Å²) in [7, 11) is 3.72. The molecule has 0 saturated carbocycles. The quantitative estimate of drug-likeness (QED) is 0.261. The standard InChI is InChI=1S/C38H44N4O4/c1-29-37(40(3)27-43)36(30-15-16-34-35(25-30)46-24-23-45-34)33(26-39(29)2)42(28-44)20-10-19-41-21-17-38(18-22-41,31-11-6-4-7-12-31)32-13-8-5-9-14-32/h4-9,11-16,25-28,36H,10,17-24H2,1-3H3.